The van der Waals surface area contributed by atoms with E-state index in [-0.39, 0.29) is 35.3 Å². The highest BCUT2D eigenvalue weighted by molar-refractivity contribution is 6.31. The zero-order valence-electron chi connectivity index (χ0n) is 8.47. The van der Waals surface area contributed by atoms with Crippen molar-refractivity contribution in [1.29, 1.82) is 0 Å². The average Bonchev–Trinajstić information content (AvgIpc) is 2.22. The molecule has 0 radical (unpaired) electrons. The van der Waals surface area contributed by atoms with Crippen LogP contribution < -0.4 is 5.73 Å². The van der Waals surface area contributed by atoms with Crippen molar-refractivity contribution in [3.8, 4) is 0 Å². The van der Waals surface area contributed by atoms with Crippen molar-refractivity contribution < 1.29 is 9.18 Å². The van der Waals surface area contributed by atoms with Gasteiger partial charge in [-0.25, -0.2) is 4.39 Å². The van der Waals surface area contributed by atoms with E-state index in [0.29, 0.717) is 0 Å². The molecule has 0 amide bonds. The van der Waals surface area contributed by atoms with E-state index in [1.807, 2.05) is 0 Å². The fourth-order valence-corrected chi connectivity index (χ4v) is 1.41. The Labute approximate surface area is 93.2 Å². The highest BCUT2D eigenvalue weighted by Crippen LogP contribution is 2.20. The SMILES string of the molecule is CC(CN)C(=O)Cc1c(F)cccc1Cl. The van der Waals surface area contributed by atoms with Crippen molar-refractivity contribution in [1.82, 2.24) is 0 Å². The predicted molar refractivity (Wildman–Crippen MR) is 58.3 cm³/mol. The fourth-order valence-electron chi connectivity index (χ4n) is 1.18. The molecule has 1 rings (SSSR count). The Morgan fingerprint density at radius 1 is 1.60 bits per heavy atom. The number of rotatable bonds is 4. The highest BCUT2D eigenvalue weighted by atomic mass is 35.5. The van der Waals surface area contributed by atoms with Gasteiger partial charge in [0.25, 0.3) is 0 Å². The first-order valence-corrected chi connectivity index (χ1v) is 5.09. The normalized spacial score (nSPS) is 12.5. The number of ketones is 1. The van der Waals surface area contributed by atoms with Gasteiger partial charge in [0.15, 0.2) is 0 Å². The lowest BCUT2D eigenvalue weighted by Gasteiger charge is -2.09. The number of Topliss-reactive ketones (excluding diaryl/α,β-unsaturated/α-hetero) is 1. The minimum atomic E-state index is -0.444. The third-order valence-electron chi connectivity index (χ3n) is 2.32. The van der Waals surface area contributed by atoms with E-state index in [4.69, 9.17) is 17.3 Å². The minimum Gasteiger partial charge on any atom is -0.330 e. The first-order valence-electron chi connectivity index (χ1n) is 4.72. The van der Waals surface area contributed by atoms with Crippen LogP contribution in [0.25, 0.3) is 0 Å². The molecule has 2 nitrogen and oxygen atoms in total. The van der Waals surface area contributed by atoms with Gasteiger partial charge < -0.3 is 5.73 Å². The molecule has 0 fully saturated rings. The summed E-state index contributed by atoms with van der Waals surface area (Å²) in [4.78, 5) is 11.5. The molecule has 1 unspecified atom stereocenters. The first-order chi connectivity index (χ1) is 7.06. The van der Waals surface area contributed by atoms with Gasteiger partial charge in [0.05, 0.1) is 0 Å². The van der Waals surface area contributed by atoms with Crippen molar-refractivity contribution in [3.05, 3.63) is 34.6 Å². The Balaban J connectivity index is 2.85. The van der Waals surface area contributed by atoms with Crippen LogP contribution in [0.1, 0.15) is 12.5 Å². The maximum atomic E-state index is 13.3. The third kappa shape index (κ3) is 3.01. The molecule has 0 saturated heterocycles. The van der Waals surface area contributed by atoms with Crippen LogP contribution in [0.15, 0.2) is 18.2 Å². The van der Waals surface area contributed by atoms with E-state index in [1.54, 1.807) is 13.0 Å². The number of halogens is 2. The molecular formula is C11H13ClFNO. The summed E-state index contributed by atoms with van der Waals surface area (Å²) in [5, 5.41) is 0.285. The molecule has 0 bridgehead atoms. The van der Waals surface area contributed by atoms with Gasteiger partial charge >= 0.3 is 0 Å². The number of nitrogens with two attached hydrogens (primary N) is 1. The van der Waals surface area contributed by atoms with Gasteiger partial charge in [0.2, 0.25) is 0 Å². The zero-order valence-corrected chi connectivity index (χ0v) is 9.22. The molecule has 4 heteroatoms. The molecule has 0 aliphatic heterocycles. The molecule has 1 atom stereocenters. The molecule has 0 spiro atoms. The van der Waals surface area contributed by atoms with Gasteiger partial charge in [-0.3, -0.25) is 4.79 Å². The van der Waals surface area contributed by atoms with Crippen LogP contribution in [0.2, 0.25) is 5.02 Å². The van der Waals surface area contributed by atoms with Crippen LogP contribution >= 0.6 is 11.6 Å². The maximum Gasteiger partial charge on any atom is 0.141 e. The lowest BCUT2D eigenvalue weighted by atomic mass is 9.99. The van der Waals surface area contributed by atoms with Crippen LogP contribution in [0.4, 0.5) is 4.39 Å². The van der Waals surface area contributed by atoms with Gasteiger partial charge in [-0.1, -0.05) is 24.6 Å². The maximum absolute atomic E-state index is 13.3. The summed E-state index contributed by atoms with van der Waals surface area (Å²) in [6.45, 7) is 1.99. The topological polar surface area (TPSA) is 43.1 Å². The molecule has 15 heavy (non-hydrogen) atoms. The number of hydrogen-bond acceptors (Lipinski definition) is 2. The third-order valence-corrected chi connectivity index (χ3v) is 2.67. The summed E-state index contributed by atoms with van der Waals surface area (Å²) in [6, 6.07) is 4.37. The minimum absolute atomic E-state index is 0.00384. The van der Waals surface area contributed by atoms with Gasteiger partial charge in [-0.2, -0.15) is 0 Å². The molecule has 0 aliphatic carbocycles. The monoisotopic (exact) mass is 229 g/mol. The Hall–Kier alpha value is -0.930. The Morgan fingerprint density at radius 2 is 2.27 bits per heavy atom. The summed E-state index contributed by atoms with van der Waals surface area (Å²) in [6.07, 6.45) is 0.00384. The lowest BCUT2D eigenvalue weighted by Crippen LogP contribution is -2.22. The molecule has 2 N–H and O–H groups in total. The smallest absolute Gasteiger partial charge is 0.141 e. The largest absolute Gasteiger partial charge is 0.330 e. The Morgan fingerprint density at radius 3 is 2.80 bits per heavy atom. The fraction of sp³-hybridized carbons (Fsp3) is 0.364. The number of benzene rings is 1. The number of carbonyl (C=O) groups is 1. The lowest BCUT2D eigenvalue weighted by molar-refractivity contribution is -0.121. The number of hydrogen-bond donors (Lipinski definition) is 1. The summed E-state index contributed by atoms with van der Waals surface area (Å²) >= 11 is 5.80. The van der Waals surface area contributed by atoms with E-state index in [9.17, 15) is 9.18 Å². The van der Waals surface area contributed by atoms with Crippen molar-refractivity contribution in [2.24, 2.45) is 11.7 Å². The molecule has 0 heterocycles. The van der Waals surface area contributed by atoms with Crippen LogP contribution in [0, 0.1) is 11.7 Å². The van der Waals surface area contributed by atoms with Crippen molar-refractivity contribution in [2.45, 2.75) is 13.3 Å². The van der Waals surface area contributed by atoms with Crippen LogP contribution in [-0.4, -0.2) is 12.3 Å². The summed E-state index contributed by atoms with van der Waals surface area (Å²) in [5.74, 6) is -0.801. The standard InChI is InChI=1S/C11H13ClFNO/c1-7(6-14)11(15)5-8-9(12)3-2-4-10(8)13/h2-4,7H,5-6,14H2,1H3. The van der Waals surface area contributed by atoms with Crippen molar-refractivity contribution in [3.63, 3.8) is 0 Å². The molecule has 0 aliphatic rings. The zero-order chi connectivity index (χ0) is 11.4. The predicted octanol–water partition coefficient (Wildman–Crippen LogP) is 2.19. The van der Waals surface area contributed by atoms with Crippen LogP contribution in [0.3, 0.4) is 0 Å². The second-order valence-electron chi connectivity index (χ2n) is 3.48. The van der Waals surface area contributed by atoms with Crippen LogP contribution in [0.5, 0.6) is 0 Å². The van der Waals surface area contributed by atoms with E-state index < -0.39 is 5.82 Å². The summed E-state index contributed by atoms with van der Waals surface area (Å²) in [5.41, 5.74) is 5.61. The molecule has 1 aromatic rings. The van der Waals surface area contributed by atoms with E-state index in [0.717, 1.165) is 0 Å². The van der Waals surface area contributed by atoms with Gasteiger partial charge in [0.1, 0.15) is 11.6 Å². The Kier molecular flexibility index (Phi) is 4.24. The van der Waals surface area contributed by atoms with Gasteiger partial charge in [-0.05, 0) is 12.1 Å². The highest BCUT2D eigenvalue weighted by Gasteiger charge is 2.16. The Bertz CT molecular complexity index is 347. The second-order valence-corrected chi connectivity index (χ2v) is 3.89. The van der Waals surface area contributed by atoms with Crippen molar-refractivity contribution >= 4 is 17.4 Å². The summed E-state index contributed by atoms with van der Waals surface area (Å²) in [7, 11) is 0. The molecule has 1 aromatic carbocycles. The number of carbonyl (C=O) groups excluding carboxylic acids is 1. The quantitative estimate of drug-likeness (QED) is 0.860. The molecular weight excluding hydrogens is 217 g/mol. The average molecular weight is 230 g/mol. The summed E-state index contributed by atoms with van der Waals surface area (Å²) < 4.78 is 13.3. The van der Waals surface area contributed by atoms with E-state index >= 15 is 0 Å². The molecule has 82 valence electrons. The van der Waals surface area contributed by atoms with E-state index in [1.165, 1.54) is 12.1 Å². The first kappa shape index (κ1) is 12.1. The second kappa shape index (κ2) is 5.24. The van der Waals surface area contributed by atoms with E-state index in [2.05, 4.69) is 0 Å². The van der Waals surface area contributed by atoms with Crippen molar-refractivity contribution in [2.75, 3.05) is 6.54 Å². The molecule has 0 aromatic heterocycles. The van der Waals surface area contributed by atoms with Gasteiger partial charge in [-0.15, -0.1) is 0 Å². The molecule has 0 saturated carbocycles. The van der Waals surface area contributed by atoms with Crippen LogP contribution in [-0.2, 0) is 11.2 Å². The van der Waals surface area contributed by atoms with Gasteiger partial charge in [0, 0.05) is 29.5 Å².